The highest BCUT2D eigenvalue weighted by molar-refractivity contribution is 5.92. The van der Waals surface area contributed by atoms with Gasteiger partial charge in [-0.2, -0.15) is 4.73 Å². The number of aryl methyl sites for hydroxylation is 2. The van der Waals surface area contributed by atoms with Crippen LogP contribution in [0.2, 0.25) is 0 Å². The Bertz CT molecular complexity index is 854. The lowest BCUT2D eigenvalue weighted by Gasteiger charge is -2.27. The molecule has 0 aliphatic heterocycles. The van der Waals surface area contributed by atoms with Crippen molar-refractivity contribution >= 4 is 17.7 Å². The lowest BCUT2D eigenvalue weighted by atomic mass is 9.81. The first-order valence-electron chi connectivity index (χ1n) is 10.4. The molecule has 2 aromatic rings. The van der Waals surface area contributed by atoms with Crippen LogP contribution >= 0.6 is 0 Å². The Morgan fingerprint density at radius 1 is 1.07 bits per heavy atom. The van der Waals surface area contributed by atoms with Crippen LogP contribution in [0.3, 0.4) is 0 Å². The van der Waals surface area contributed by atoms with Crippen LogP contribution in [0.1, 0.15) is 42.6 Å². The smallest absolute Gasteiger partial charge is 0.407 e. The maximum Gasteiger partial charge on any atom is 0.407 e. The summed E-state index contributed by atoms with van der Waals surface area (Å²) in [6.45, 7) is 4.25. The Hall–Kier alpha value is -3.09. The third-order valence-electron chi connectivity index (χ3n) is 5.60. The van der Waals surface area contributed by atoms with Crippen LogP contribution in [0.25, 0.3) is 0 Å². The quantitative estimate of drug-likeness (QED) is 0.561. The summed E-state index contributed by atoms with van der Waals surface area (Å²) in [7, 11) is 0. The van der Waals surface area contributed by atoms with Gasteiger partial charge in [0.15, 0.2) is 11.4 Å². The van der Waals surface area contributed by atoms with E-state index in [9.17, 15) is 14.8 Å². The van der Waals surface area contributed by atoms with E-state index in [1.165, 1.54) is 0 Å². The molecule has 1 aromatic heterocycles. The number of hydrogen-bond acceptors (Lipinski definition) is 4. The number of nitrogens with one attached hydrogen (secondary N) is 2. The van der Waals surface area contributed by atoms with Crippen LogP contribution in [0.4, 0.5) is 10.5 Å². The van der Waals surface area contributed by atoms with Crippen molar-refractivity contribution < 1.29 is 19.1 Å². The highest BCUT2D eigenvalue weighted by atomic mass is 16.5. The van der Waals surface area contributed by atoms with Crippen molar-refractivity contribution in [1.29, 1.82) is 0 Å². The lowest BCUT2D eigenvalue weighted by molar-refractivity contribution is -0.618. The van der Waals surface area contributed by atoms with Gasteiger partial charge in [0.05, 0.1) is 5.69 Å². The summed E-state index contributed by atoms with van der Waals surface area (Å²) in [5.41, 5.74) is 2.72. The predicted molar refractivity (Wildman–Crippen MR) is 114 cm³/mol. The minimum absolute atomic E-state index is 0.00821. The fourth-order valence-electron chi connectivity index (χ4n) is 3.83. The molecule has 1 saturated carbocycles. The standard InChI is InChI=1S/C23H29N3O4/c1-16-12-21(13-17(2)26(16)29)25-22(27)20-10-8-18(9-11-20)14-24-23(28)30-15-19-6-4-3-5-7-19/h3-7,12-13,18,20H,8-11,14-15H2,1-2H3,(H,24,28)(H,25,27). The fourth-order valence-corrected chi connectivity index (χ4v) is 3.83. The van der Waals surface area contributed by atoms with Crippen molar-refractivity contribution in [1.82, 2.24) is 5.32 Å². The monoisotopic (exact) mass is 411 g/mol. The molecule has 1 heterocycles. The number of hydrogen-bond donors (Lipinski definition) is 2. The van der Waals surface area contributed by atoms with E-state index < -0.39 is 6.09 Å². The highest BCUT2D eigenvalue weighted by Gasteiger charge is 2.27. The maximum absolute atomic E-state index is 12.6. The largest absolute Gasteiger partial charge is 0.618 e. The summed E-state index contributed by atoms with van der Waals surface area (Å²) in [5.74, 6) is 0.288. The van der Waals surface area contributed by atoms with Crippen molar-refractivity contribution in [2.45, 2.75) is 46.1 Å². The van der Waals surface area contributed by atoms with E-state index >= 15 is 0 Å². The average molecular weight is 412 g/mol. The predicted octanol–water partition coefficient (Wildman–Crippen LogP) is 3.61. The first kappa shape index (κ1) is 21.6. The van der Waals surface area contributed by atoms with Gasteiger partial charge in [0.1, 0.15) is 6.61 Å². The summed E-state index contributed by atoms with van der Waals surface area (Å²) in [5, 5.41) is 17.5. The number of carbonyl (C=O) groups is 2. The van der Waals surface area contributed by atoms with Crippen LogP contribution in [0, 0.1) is 30.9 Å². The summed E-state index contributed by atoms with van der Waals surface area (Å²) in [6, 6.07) is 12.9. The van der Waals surface area contributed by atoms with Gasteiger partial charge in [-0.1, -0.05) is 30.3 Å². The third kappa shape index (κ3) is 5.95. The van der Waals surface area contributed by atoms with Gasteiger partial charge in [-0.05, 0) is 37.2 Å². The lowest BCUT2D eigenvalue weighted by Crippen LogP contribution is -2.35. The number of benzene rings is 1. The molecule has 0 saturated heterocycles. The van der Waals surface area contributed by atoms with Gasteiger partial charge < -0.3 is 20.6 Å². The van der Waals surface area contributed by atoms with Gasteiger partial charge in [0, 0.05) is 38.4 Å². The van der Waals surface area contributed by atoms with Crippen LogP contribution in [0.15, 0.2) is 42.5 Å². The minimum Gasteiger partial charge on any atom is -0.618 e. The van der Waals surface area contributed by atoms with Crippen LogP contribution in [0.5, 0.6) is 0 Å². The Balaban J connectivity index is 1.38. The third-order valence-corrected chi connectivity index (χ3v) is 5.60. The topological polar surface area (TPSA) is 94.4 Å². The molecule has 0 spiro atoms. The molecular weight excluding hydrogens is 382 g/mol. The van der Waals surface area contributed by atoms with Crippen molar-refractivity contribution in [3.63, 3.8) is 0 Å². The molecule has 1 aliphatic carbocycles. The van der Waals surface area contributed by atoms with Crippen LogP contribution < -0.4 is 15.4 Å². The number of alkyl carbamates (subject to hydrolysis) is 1. The molecule has 3 rings (SSSR count). The van der Waals surface area contributed by atoms with Gasteiger partial charge in [-0.15, -0.1) is 0 Å². The molecule has 2 amide bonds. The number of amides is 2. The molecule has 7 heteroatoms. The van der Waals surface area contributed by atoms with Gasteiger partial charge in [-0.3, -0.25) is 4.79 Å². The molecule has 0 atom stereocenters. The first-order valence-corrected chi connectivity index (χ1v) is 10.4. The summed E-state index contributed by atoms with van der Waals surface area (Å²) in [4.78, 5) is 24.5. The molecule has 1 aliphatic rings. The van der Waals surface area contributed by atoms with E-state index in [0.717, 1.165) is 36.0 Å². The molecule has 0 radical (unpaired) electrons. The van der Waals surface area contributed by atoms with Crippen LogP contribution in [-0.2, 0) is 16.1 Å². The van der Waals surface area contributed by atoms with E-state index in [4.69, 9.17) is 4.74 Å². The molecule has 1 fully saturated rings. The van der Waals surface area contributed by atoms with Gasteiger partial charge >= 0.3 is 6.09 Å². The number of ether oxygens (including phenoxy) is 1. The van der Waals surface area contributed by atoms with Crippen molar-refractivity contribution in [2.75, 3.05) is 11.9 Å². The van der Waals surface area contributed by atoms with E-state index in [1.54, 1.807) is 26.0 Å². The Morgan fingerprint density at radius 3 is 2.33 bits per heavy atom. The molecule has 30 heavy (non-hydrogen) atoms. The summed E-state index contributed by atoms with van der Waals surface area (Å²) < 4.78 is 6.08. The average Bonchev–Trinajstić information content (AvgIpc) is 2.75. The van der Waals surface area contributed by atoms with E-state index in [0.29, 0.717) is 29.5 Å². The van der Waals surface area contributed by atoms with Crippen molar-refractivity contribution in [3.05, 3.63) is 64.6 Å². The molecule has 160 valence electrons. The SMILES string of the molecule is Cc1cc(NC(=O)C2CCC(CNC(=O)OCc3ccccc3)CC2)cc(C)[n+]1[O-]. The second kappa shape index (κ2) is 10.1. The Morgan fingerprint density at radius 2 is 1.70 bits per heavy atom. The van der Waals surface area contributed by atoms with Crippen LogP contribution in [-0.4, -0.2) is 18.5 Å². The Kier molecular flexibility index (Phi) is 7.27. The molecule has 0 unspecified atom stereocenters. The number of rotatable bonds is 6. The van der Waals surface area contributed by atoms with Gasteiger partial charge in [-0.25, -0.2) is 4.79 Å². The molecular formula is C23H29N3O4. The summed E-state index contributed by atoms with van der Waals surface area (Å²) >= 11 is 0. The Labute approximate surface area is 177 Å². The number of aromatic nitrogens is 1. The van der Waals surface area contributed by atoms with Crippen molar-refractivity contribution in [3.8, 4) is 0 Å². The molecule has 2 N–H and O–H groups in total. The number of carbonyl (C=O) groups excluding carboxylic acids is 2. The molecule has 0 bridgehead atoms. The zero-order chi connectivity index (χ0) is 21.5. The molecule has 1 aromatic carbocycles. The zero-order valence-electron chi connectivity index (χ0n) is 17.5. The van der Waals surface area contributed by atoms with Gasteiger partial charge in [0.2, 0.25) is 5.91 Å². The first-order chi connectivity index (χ1) is 14.4. The van der Waals surface area contributed by atoms with Crippen molar-refractivity contribution in [2.24, 2.45) is 11.8 Å². The van der Waals surface area contributed by atoms with E-state index in [-0.39, 0.29) is 18.4 Å². The summed E-state index contributed by atoms with van der Waals surface area (Å²) in [6.07, 6.45) is 2.91. The fraction of sp³-hybridized carbons (Fsp3) is 0.435. The molecule has 7 nitrogen and oxygen atoms in total. The van der Waals surface area contributed by atoms with Gasteiger partial charge in [0.25, 0.3) is 0 Å². The number of pyridine rings is 1. The second-order valence-electron chi connectivity index (χ2n) is 7.97. The number of nitrogens with zero attached hydrogens (tertiary/aromatic N) is 1. The minimum atomic E-state index is -0.413. The zero-order valence-corrected chi connectivity index (χ0v) is 17.5. The number of anilines is 1. The second-order valence-corrected chi connectivity index (χ2v) is 7.97. The maximum atomic E-state index is 12.6. The van der Waals surface area contributed by atoms with E-state index in [2.05, 4.69) is 10.6 Å². The van der Waals surface area contributed by atoms with E-state index in [1.807, 2.05) is 30.3 Å². The normalized spacial score (nSPS) is 18.5. The highest BCUT2D eigenvalue weighted by Crippen LogP contribution is 2.29.